The van der Waals surface area contributed by atoms with Crippen molar-refractivity contribution in [2.24, 2.45) is 0 Å². The van der Waals surface area contributed by atoms with Crippen molar-refractivity contribution in [1.29, 1.82) is 10.5 Å². The van der Waals surface area contributed by atoms with Gasteiger partial charge in [0.1, 0.15) is 0 Å². The summed E-state index contributed by atoms with van der Waals surface area (Å²) in [6.07, 6.45) is 0. The number of hydrogen-bond donors (Lipinski definition) is 1. The van der Waals surface area contributed by atoms with E-state index in [0.717, 1.165) is 60.9 Å². The first-order chi connectivity index (χ1) is 22.1. The number of carbonyl (C=O) groups is 1. The van der Waals surface area contributed by atoms with E-state index in [1.165, 1.54) is 6.92 Å². The first kappa shape index (κ1) is 27.4. The molecule has 0 spiro atoms. The quantitative estimate of drug-likeness (QED) is 0.221. The molecule has 7 aromatic rings. The molecule has 1 heterocycles. The molecule has 0 aliphatic rings. The van der Waals surface area contributed by atoms with Crippen LogP contribution in [-0.4, -0.2) is 10.5 Å². The number of anilines is 1. The Kier molecular flexibility index (Phi) is 6.91. The van der Waals surface area contributed by atoms with E-state index in [0.29, 0.717) is 16.8 Å². The van der Waals surface area contributed by atoms with Gasteiger partial charge in [0.25, 0.3) is 0 Å². The third kappa shape index (κ3) is 4.89. The number of nitrogens with one attached hydrogen (secondary N) is 1. The Labute approximate surface area is 260 Å². The Morgan fingerprint density at radius 2 is 1.24 bits per heavy atom. The molecule has 5 nitrogen and oxygen atoms in total. The Balaban J connectivity index is 1.54. The number of nitrogens with zero attached hydrogens (tertiary/aromatic N) is 3. The summed E-state index contributed by atoms with van der Waals surface area (Å²) in [5.41, 5.74) is 10.1. The van der Waals surface area contributed by atoms with Crippen LogP contribution in [0, 0.1) is 22.7 Å². The Bertz CT molecular complexity index is 2320. The molecule has 6 aromatic carbocycles. The number of carbonyl (C=O) groups excluding carboxylic acids is 1. The molecule has 0 atom stereocenters. The second kappa shape index (κ2) is 11.3. The van der Waals surface area contributed by atoms with E-state index < -0.39 is 0 Å². The maximum atomic E-state index is 12.2. The van der Waals surface area contributed by atoms with Crippen molar-refractivity contribution < 1.29 is 4.79 Å². The summed E-state index contributed by atoms with van der Waals surface area (Å²) in [5.74, 6) is -0.168. The maximum absolute atomic E-state index is 12.2. The molecule has 0 aliphatic heterocycles. The predicted molar refractivity (Wildman–Crippen MR) is 181 cm³/mol. The summed E-state index contributed by atoms with van der Waals surface area (Å²) in [5, 5.41) is 24.9. The molecule has 0 saturated heterocycles. The fourth-order valence-electron chi connectivity index (χ4n) is 6.24. The Morgan fingerprint density at radius 1 is 0.600 bits per heavy atom. The first-order valence-corrected chi connectivity index (χ1v) is 14.6. The van der Waals surface area contributed by atoms with Crippen LogP contribution in [0.4, 0.5) is 5.69 Å². The van der Waals surface area contributed by atoms with Gasteiger partial charge >= 0.3 is 0 Å². The fraction of sp³-hybridized carbons (Fsp3) is 0.0250. The topological polar surface area (TPSA) is 81.6 Å². The van der Waals surface area contributed by atoms with Gasteiger partial charge in [-0.1, -0.05) is 78.9 Å². The molecule has 0 fully saturated rings. The summed E-state index contributed by atoms with van der Waals surface area (Å²) in [4.78, 5) is 12.2. The molecule has 1 amide bonds. The minimum Gasteiger partial charge on any atom is -0.326 e. The van der Waals surface area contributed by atoms with Gasteiger partial charge in [-0.25, -0.2) is 0 Å². The lowest BCUT2D eigenvalue weighted by Crippen LogP contribution is -2.07. The number of amides is 1. The van der Waals surface area contributed by atoms with Crippen LogP contribution in [0.1, 0.15) is 18.1 Å². The monoisotopic (exact) mass is 578 g/mol. The molecular formula is C40H26N4O. The number of aromatic nitrogens is 1. The van der Waals surface area contributed by atoms with Gasteiger partial charge in [0.05, 0.1) is 34.3 Å². The van der Waals surface area contributed by atoms with Crippen LogP contribution < -0.4 is 5.32 Å². The summed E-state index contributed by atoms with van der Waals surface area (Å²) >= 11 is 0. The van der Waals surface area contributed by atoms with E-state index >= 15 is 0 Å². The number of rotatable bonds is 5. The highest BCUT2D eigenvalue weighted by atomic mass is 16.1. The molecule has 0 radical (unpaired) electrons. The van der Waals surface area contributed by atoms with Crippen LogP contribution in [0.5, 0.6) is 0 Å². The van der Waals surface area contributed by atoms with E-state index in [-0.39, 0.29) is 5.91 Å². The van der Waals surface area contributed by atoms with Crippen molar-refractivity contribution in [2.45, 2.75) is 6.92 Å². The highest BCUT2D eigenvalue weighted by molar-refractivity contribution is 6.11. The smallest absolute Gasteiger partial charge is 0.221 e. The van der Waals surface area contributed by atoms with Gasteiger partial charge in [-0.05, 0) is 82.4 Å². The van der Waals surface area contributed by atoms with Gasteiger partial charge in [-0.2, -0.15) is 10.5 Å². The second-order valence-electron chi connectivity index (χ2n) is 10.9. The van der Waals surface area contributed by atoms with Crippen LogP contribution in [0.15, 0.2) is 133 Å². The van der Waals surface area contributed by atoms with Crippen molar-refractivity contribution in [3.8, 4) is 51.2 Å². The highest BCUT2D eigenvalue weighted by Gasteiger charge is 2.19. The molecular weight excluding hydrogens is 552 g/mol. The van der Waals surface area contributed by atoms with Gasteiger partial charge in [-0.3, -0.25) is 4.79 Å². The van der Waals surface area contributed by atoms with E-state index in [2.05, 4.69) is 82.7 Å². The van der Waals surface area contributed by atoms with E-state index in [9.17, 15) is 15.3 Å². The molecule has 0 aliphatic carbocycles. The average molecular weight is 579 g/mol. The Hall–Kier alpha value is -6.43. The van der Waals surface area contributed by atoms with Crippen molar-refractivity contribution in [3.05, 3.63) is 145 Å². The Morgan fingerprint density at radius 3 is 2.00 bits per heavy atom. The summed E-state index contributed by atoms with van der Waals surface area (Å²) in [6, 6.07) is 48.7. The average Bonchev–Trinajstić information content (AvgIpc) is 3.41. The molecule has 212 valence electrons. The molecule has 0 unspecified atom stereocenters. The van der Waals surface area contributed by atoms with Crippen LogP contribution in [-0.2, 0) is 4.79 Å². The van der Waals surface area contributed by atoms with Gasteiger partial charge in [0.2, 0.25) is 5.91 Å². The normalized spacial score (nSPS) is 10.8. The lowest BCUT2D eigenvalue weighted by atomic mass is 9.86. The number of nitriles is 2. The molecule has 7 rings (SSSR count). The van der Waals surface area contributed by atoms with Crippen molar-refractivity contribution in [3.63, 3.8) is 0 Å². The molecule has 1 aromatic heterocycles. The fourth-order valence-corrected chi connectivity index (χ4v) is 6.24. The van der Waals surface area contributed by atoms with Crippen molar-refractivity contribution in [1.82, 2.24) is 4.57 Å². The maximum Gasteiger partial charge on any atom is 0.221 e. The zero-order valence-electron chi connectivity index (χ0n) is 24.5. The predicted octanol–water partition coefficient (Wildman–Crippen LogP) is 9.49. The number of benzene rings is 6. The molecule has 0 saturated carbocycles. The largest absolute Gasteiger partial charge is 0.326 e. The lowest BCUT2D eigenvalue weighted by molar-refractivity contribution is -0.114. The third-order valence-corrected chi connectivity index (χ3v) is 8.07. The summed E-state index contributed by atoms with van der Waals surface area (Å²) in [7, 11) is 0. The molecule has 1 N–H and O–H groups in total. The SMILES string of the molecule is CC(=O)Nc1ccccc1-c1cccc(-c2ccc3c(c2)c2ccccc2n3-c2ccccc2)c1-c1cc(C#N)cc(C#N)c1. The van der Waals surface area contributed by atoms with Crippen LogP contribution in [0.2, 0.25) is 0 Å². The number of hydrogen-bond acceptors (Lipinski definition) is 3. The van der Waals surface area contributed by atoms with E-state index in [1.54, 1.807) is 6.07 Å². The summed E-state index contributed by atoms with van der Waals surface area (Å²) < 4.78 is 2.28. The zero-order chi connectivity index (χ0) is 30.9. The van der Waals surface area contributed by atoms with Crippen LogP contribution in [0.3, 0.4) is 0 Å². The van der Waals surface area contributed by atoms with Crippen LogP contribution >= 0.6 is 0 Å². The zero-order valence-corrected chi connectivity index (χ0v) is 24.5. The molecule has 5 heteroatoms. The highest BCUT2D eigenvalue weighted by Crippen LogP contribution is 2.44. The summed E-state index contributed by atoms with van der Waals surface area (Å²) in [6.45, 7) is 1.49. The van der Waals surface area contributed by atoms with Crippen LogP contribution in [0.25, 0.3) is 60.9 Å². The number of para-hydroxylation sites is 3. The van der Waals surface area contributed by atoms with Gasteiger partial charge < -0.3 is 9.88 Å². The van der Waals surface area contributed by atoms with Gasteiger partial charge in [-0.15, -0.1) is 0 Å². The van der Waals surface area contributed by atoms with Gasteiger partial charge in [0.15, 0.2) is 0 Å². The minimum absolute atomic E-state index is 0.168. The lowest BCUT2D eigenvalue weighted by Gasteiger charge is -2.19. The molecule has 45 heavy (non-hydrogen) atoms. The van der Waals surface area contributed by atoms with Crippen molar-refractivity contribution >= 4 is 33.4 Å². The van der Waals surface area contributed by atoms with Gasteiger partial charge in [0, 0.05) is 34.6 Å². The minimum atomic E-state index is -0.168. The van der Waals surface area contributed by atoms with E-state index in [1.807, 2.05) is 66.7 Å². The standard InChI is InChI=1S/C40H26N4O/c1-26(45)43-37-16-7-5-12-33(37)35-15-9-14-32(40(35)30-21-27(24-41)20-28(22-30)25-42)29-18-19-39-36(23-29)34-13-6-8-17-38(34)44(39)31-10-3-2-4-11-31/h2-23H,1H3,(H,43,45). The molecule has 0 bridgehead atoms. The first-order valence-electron chi connectivity index (χ1n) is 14.6. The third-order valence-electron chi connectivity index (χ3n) is 8.07. The second-order valence-corrected chi connectivity index (χ2v) is 10.9. The van der Waals surface area contributed by atoms with Crippen molar-refractivity contribution in [2.75, 3.05) is 5.32 Å². The van der Waals surface area contributed by atoms with E-state index in [4.69, 9.17) is 0 Å². The number of fused-ring (bicyclic) bond motifs is 3.